The van der Waals surface area contributed by atoms with Crippen molar-refractivity contribution in [3.05, 3.63) is 57.8 Å². The van der Waals surface area contributed by atoms with Gasteiger partial charge >= 0.3 is 5.97 Å². The highest BCUT2D eigenvalue weighted by molar-refractivity contribution is 7.07. The molecule has 1 aromatic heterocycles. The van der Waals surface area contributed by atoms with Crippen LogP contribution in [0, 0.1) is 6.92 Å². The van der Waals surface area contributed by atoms with Crippen molar-refractivity contribution in [3.8, 4) is 0 Å². The van der Waals surface area contributed by atoms with Crippen LogP contribution in [-0.2, 0) is 27.3 Å². The van der Waals surface area contributed by atoms with Crippen LogP contribution in [0.15, 0.2) is 41.1 Å². The lowest BCUT2D eigenvalue weighted by Gasteiger charge is -2.22. The van der Waals surface area contributed by atoms with Gasteiger partial charge in [0, 0.05) is 13.0 Å². The normalized spacial score (nSPS) is 10.3. The Balaban J connectivity index is 2.05. The van der Waals surface area contributed by atoms with Crippen molar-refractivity contribution >= 4 is 23.2 Å². The van der Waals surface area contributed by atoms with Gasteiger partial charge in [0.25, 0.3) is 0 Å². The van der Waals surface area contributed by atoms with E-state index in [9.17, 15) is 9.59 Å². The number of methoxy groups -OCH3 is 1. The molecule has 5 heteroatoms. The molecule has 23 heavy (non-hydrogen) atoms. The van der Waals surface area contributed by atoms with Gasteiger partial charge < -0.3 is 9.64 Å². The van der Waals surface area contributed by atoms with Crippen LogP contribution in [0.4, 0.5) is 0 Å². The lowest BCUT2D eigenvalue weighted by molar-refractivity contribution is -0.147. The fourth-order valence-electron chi connectivity index (χ4n) is 2.29. The van der Waals surface area contributed by atoms with Crippen LogP contribution in [0.5, 0.6) is 0 Å². The third-order valence-corrected chi connectivity index (χ3v) is 4.46. The Labute approximate surface area is 140 Å². The molecular formula is C18H21NO3S. The Kier molecular flexibility index (Phi) is 6.35. The van der Waals surface area contributed by atoms with E-state index < -0.39 is 5.97 Å². The van der Waals surface area contributed by atoms with Crippen LogP contribution in [-0.4, -0.2) is 30.4 Å². The van der Waals surface area contributed by atoms with Crippen LogP contribution in [0.1, 0.15) is 23.1 Å². The number of nitrogens with zero attached hydrogens (tertiary/aromatic N) is 1. The van der Waals surface area contributed by atoms with Crippen molar-refractivity contribution in [2.24, 2.45) is 0 Å². The molecule has 1 heterocycles. The van der Waals surface area contributed by atoms with E-state index in [4.69, 9.17) is 4.74 Å². The van der Waals surface area contributed by atoms with E-state index in [-0.39, 0.29) is 12.5 Å². The number of hydrogen-bond acceptors (Lipinski definition) is 4. The molecule has 0 atom stereocenters. The number of esters is 1. The SMILES string of the molecule is COC(=O)CN(Cc1ccccc1C)C(=O)CCc1ccsc1. The molecule has 0 aliphatic rings. The van der Waals surface area contributed by atoms with Crippen LogP contribution in [0.25, 0.3) is 0 Å². The average molecular weight is 331 g/mol. The zero-order valence-corrected chi connectivity index (χ0v) is 14.3. The Morgan fingerprint density at radius 2 is 2.00 bits per heavy atom. The number of benzene rings is 1. The van der Waals surface area contributed by atoms with Gasteiger partial charge in [-0.15, -0.1) is 0 Å². The van der Waals surface area contributed by atoms with Crippen LogP contribution < -0.4 is 0 Å². The summed E-state index contributed by atoms with van der Waals surface area (Å²) in [6.07, 6.45) is 1.08. The molecule has 0 bridgehead atoms. The van der Waals surface area contributed by atoms with Gasteiger partial charge in [-0.05, 0) is 46.9 Å². The average Bonchev–Trinajstić information content (AvgIpc) is 3.07. The molecule has 0 spiro atoms. The summed E-state index contributed by atoms with van der Waals surface area (Å²) in [6, 6.07) is 9.90. The predicted molar refractivity (Wildman–Crippen MR) is 91.3 cm³/mol. The fraction of sp³-hybridized carbons (Fsp3) is 0.333. The van der Waals surface area contributed by atoms with E-state index >= 15 is 0 Å². The van der Waals surface area contributed by atoms with Gasteiger partial charge in [-0.25, -0.2) is 0 Å². The molecule has 0 N–H and O–H groups in total. The minimum absolute atomic E-state index is 0.0205. The van der Waals surface area contributed by atoms with Crippen molar-refractivity contribution in [2.45, 2.75) is 26.3 Å². The zero-order chi connectivity index (χ0) is 16.7. The first-order valence-electron chi connectivity index (χ1n) is 7.50. The number of aryl methyl sites for hydroxylation is 2. The van der Waals surface area contributed by atoms with Crippen molar-refractivity contribution in [3.63, 3.8) is 0 Å². The maximum Gasteiger partial charge on any atom is 0.325 e. The van der Waals surface area contributed by atoms with Gasteiger partial charge in [-0.2, -0.15) is 11.3 Å². The monoisotopic (exact) mass is 331 g/mol. The second-order valence-corrected chi connectivity index (χ2v) is 6.16. The molecule has 1 aromatic carbocycles. The van der Waals surface area contributed by atoms with Crippen LogP contribution in [0.3, 0.4) is 0 Å². The number of thiophene rings is 1. The summed E-state index contributed by atoms with van der Waals surface area (Å²) < 4.78 is 4.72. The quantitative estimate of drug-likeness (QED) is 0.732. The maximum atomic E-state index is 12.5. The highest BCUT2D eigenvalue weighted by atomic mass is 32.1. The van der Waals surface area contributed by atoms with E-state index in [0.29, 0.717) is 19.4 Å². The maximum absolute atomic E-state index is 12.5. The number of rotatable bonds is 7. The second-order valence-electron chi connectivity index (χ2n) is 5.38. The van der Waals surface area contributed by atoms with Crippen LogP contribution >= 0.6 is 11.3 Å². The molecule has 0 aliphatic carbocycles. The van der Waals surface area contributed by atoms with Gasteiger partial charge in [-0.3, -0.25) is 9.59 Å². The van der Waals surface area contributed by atoms with E-state index in [1.165, 1.54) is 7.11 Å². The van der Waals surface area contributed by atoms with Gasteiger partial charge in [0.2, 0.25) is 5.91 Å². The third kappa shape index (κ3) is 5.21. The fourth-order valence-corrected chi connectivity index (χ4v) is 2.99. The van der Waals surface area contributed by atoms with E-state index in [2.05, 4.69) is 0 Å². The van der Waals surface area contributed by atoms with E-state index in [1.807, 2.05) is 48.0 Å². The smallest absolute Gasteiger partial charge is 0.325 e. The molecule has 0 saturated heterocycles. The molecular weight excluding hydrogens is 310 g/mol. The summed E-state index contributed by atoms with van der Waals surface area (Å²) in [5, 5.41) is 4.04. The molecule has 0 unspecified atom stereocenters. The van der Waals surface area contributed by atoms with E-state index in [1.54, 1.807) is 16.2 Å². The molecule has 0 fully saturated rings. The standard InChI is InChI=1S/C18H21NO3S/c1-14-5-3-4-6-16(14)11-19(12-18(21)22-2)17(20)8-7-15-9-10-23-13-15/h3-6,9-10,13H,7-8,11-12H2,1-2H3. The first-order valence-corrected chi connectivity index (χ1v) is 8.44. The molecule has 122 valence electrons. The summed E-state index contributed by atoms with van der Waals surface area (Å²) in [5.41, 5.74) is 3.30. The molecule has 4 nitrogen and oxygen atoms in total. The molecule has 0 saturated carbocycles. The number of carbonyl (C=O) groups is 2. The number of hydrogen-bond donors (Lipinski definition) is 0. The largest absolute Gasteiger partial charge is 0.468 e. The predicted octanol–water partition coefficient (Wildman–Crippen LogP) is 3.19. The number of amides is 1. The van der Waals surface area contributed by atoms with Crippen molar-refractivity contribution in [1.29, 1.82) is 0 Å². The lowest BCUT2D eigenvalue weighted by Crippen LogP contribution is -2.36. The first-order chi connectivity index (χ1) is 11.1. The summed E-state index contributed by atoms with van der Waals surface area (Å²) >= 11 is 1.62. The van der Waals surface area contributed by atoms with Crippen LogP contribution in [0.2, 0.25) is 0 Å². The minimum atomic E-state index is -0.400. The van der Waals surface area contributed by atoms with Gasteiger partial charge in [0.1, 0.15) is 6.54 Å². The summed E-state index contributed by atoms with van der Waals surface area (Å²) in [5.74, 6) is -0.438. The van der Waals surface area contributed by atoms with E-state index in [0.717, 1.165) is 16.7 Å². The second kappa shape index (κ2) is 8.48. The first kappa shape index (κ1) is 17.2. The Bertz CT molecular complexity index is 652. The molecule has 0 aliphatic heterocycles. The molecule has 1 amide bonds. The van der Waals surface area contributed by atoms with Crippen molar-refractivity contribution < 1.29 is 14.3 Å². The van der Waals surface area contributed by atoms with Crippen molar-refractivity contribution in [1.82, 2.24) is 4.90 Å². The highest BCUT2D eigenvalue weighted by Crippen LogP contribution is 2.14. The zero-order valence-electron chi connectivity index (χ0n) is 13.5. The van der Waals surface area contributed by atoms with Gasteiger partial charge in [-0.1, -0.05) is 24.3 Å². The third-order valence-electron chi connectivity index (χ3n) is 3.73. The summed E-state index contributed by atoms with van der Waals surface area (Å²) in [7, 11) is 1.34. The topological polar surface area (TPSA) is 46.6 Å². The Morgan fingerprint density at radius 1 is 1.22 bits per heavy atom. The highest BCUT2D eigenvalue weighted by Gasteiger charge is 2.18. The Hall–Kier alpha value is -2.14. The molecule has 0 radical (unpaired) electrons. The van der Waals surface area contributed by atoms with Gasteiger partial charge in [0.15, 0.2) is 0 Å². The minimum Gasteiger partial charge on any atom is -0.468 e. The van der Waals surface area contributed by atoms with Crippen molar-refractivity contribution in [2.75, 3.05) is 13.7 Å². The Morgan fingerprint density at radius 3 is 2.65 bits per heavy atom. The summed E-state index contributed by atoms with van der Waals surface area (Å²) in [4.78, 5) is 25.7. The lowest BCUT2D eigenvalue weighted by atomic mass is 10.1. The van der Waals surface area contributed by atoms with Gasteiger partial charge in [0.05, 0.1) is 7.11 Å². The summed E-state index contributed by atoms with van der Waals surface area (Å²) in [6.45, 7) is 2.40. The molecule has 2 aromatic rings. The molecule has 2 rings (SSSR count). The number of carbonyl (C=O) groups excluding carboxylic acids is 2. The number of ether oxygens (including phenoxy) is 1.